The number of amides is 3. The summed E-state index contributed by atoms with van der Waals surface area (Å²) in [4.78, 5) is 42.7. The summed E-state index contributed by atoms with van der Waals surface area (Å²) in [6.45, 7) is 3.61. The number of rotatable bonds is 8. The van der Waals surface area contributed by atoms with Gasteiger partial charge in [0.2, 0.25) is 11.8 Å². The molecule has 152 valence electrons. The Kier molecular flexibility index (Phi) is 6.94. The monoisotopic (exact) mass is 394 g/mol. The van der Waals surface area contributed by atoms with E-state index in [1.165, 1.54) is 0 Å². The molecule has 1 aromatic heterocycles. The molecule has 3 rings (SSSR count). The molecular weight excluding hydrogens is 368 g/mol. The lowest BCUT2D eigenvalue weighted by Gasteiger charge is -2.16. The van der Waals surface area contributed by atoms with Gasteiger partial charge in [-0.2, -0.15) is 0 Å². The van der Waals surface area contributed by atoms with Crippen LogP contribution in [0.3, 0.4) is 0 Å². The van der Waals surface area contributed by atoms with Gasteiger partial charge < -0.3 is 15.5 Å². The molecule has 0 spiro atoms. The van der Waals surface area contributed by atoms with E-state index in [0.717, 1.165) is 18.5 Å². The van der Waals surface area contributed by atoms with Crippen LogP contribution in [0.15, 0.2) is 48.7 Å². The van der Waals surface area contributed by atoms with E-state index in [-0.39, 0.29) is 30.1 Å². The average Bonchev–Trinajstić information content (AvgIpc) is 3.12. The molecule has 1 fully saturated rings. The van der Waals surface area contributed by atoms with Gasteiger partial charge in [0.05, 0.1) is 18.2 Å². The van der Waals surface area contributed by atoms with Gasteiger partial charge in [0, 0.05) is 37.0 Å². The van der Waals surface area contributed by atoms with Gasteiger partial charge in [-0.3, -0.25) is 19.4 Å². The number of benzene rings is 1. The van der Waals surface area contributed by atoms with E-state index < -0.39 is 0 Å². The number of nitrogens with one attached hydrogen (secondary N) is 2. The zero-order chi connectivity index (χ0) is 20.6. The second-order valence-corrected chi connectivity index (χ2v) is 7.16. The first-order chi connectivity index (χ1) is 14.1. The fourth-order valence-corrected chi connectivity index (χ4v) is 3.24. The number of aromatic nitrogens is 1. The summed E-state index contributed by atoms with van der Waals surface area (Å²) in [5.74, 6) is -0.662. The number of carbonyl (C=O) groups excluding carboxylic acids is 3. The van der Waals surface area contributed by atoms with Crippen LogP contribution in [-0.2, 0) is 16.1 Å². The Morgan fingerprint density at radius 3 is 2.66 bits per heavy atom. The smallest absolute Gasteiger partial charge is 0.251 e. The first-order valence-electron chi connectivity index (χ1n) is 9.93. The van der Waals surface area contributed by atoms with Gasteiger partial charge in [0.25, 0.3) is 5.91 Å². The van der Waals surface area contributed by atoms with Crippen LogP contribution in [0.5, 0.6) is 0 Å². The molecule has 2 heterocycles. The fraction of sp³-hybridized carbons (Fsp3) is 0.364. The van der Waals surface area contributed by atoms with E-state index in [2.05, 4.69) is 22.5 Å². The summed E-state index contributed by atoms with van der Waals surface area (Å²) in [5, 5.41) is 5.66. The molecule has 1 unspecified atom stereocenters. The molecular formula is C22H26N4O3. The topological polar surface area (TPSA) is 91.4 Å². The quantitative estimate of drug-likeness (QED) is 0.720. The van der Waals surface area contributed by atoms with Crippen LogP contribution in [0.2, 0.25) is 0 Å². The van der Waals surface area contributed by atoms with Gasteiger partial charge in [0.1, 0.15) is 0 Å². The summed E-state index contributed by atoms with van der Waals surface area (Å²) < 4.78 is 0. The summed E-state index contributed by atoms with van der Waals surface area (Å²) >= 11 is 0. The van der Waals surface area contributed by atoms with Crippen LogP contribution in [0.4, 0.5) is 5.69 Å². The number of pyridine rings is 1. The molecule has 1 aliphatic rings. The Morgan fingerprint density at radius 2 is 1.97 bits per heavy atom. The van der Waals surface area contributed by atoms with Gasteiger partial charge in [-0.25, -0.2) is 0 Å². The van der Waals surface area contributed by atoms with Gasteiger partial charge in [0.15, 0.2) is 0 Å². The van der Waals surface area contributed by atoms with E-state index in [1.807, 2.05) is 18.2 Å². The third kappa shape index (κ3) is 5.63. The van der Waals surface area contributed by atoms with Crippen molar-refractivity contribution in [3.8, 4) is 0 Å². The second-order valence-electron chi connectivity index (χ2n) is 7.16. The molecule has 7 nitrogen and oxygen atoms in total. The van der Waals surface area contributed by atoms with Crippen molar-refractivity contribution in [3.63, 3.8) is 0 Å². The second kappa shape index (κ2) is 9.82. The summed E-state index contributed by atoms with van der Waals surface area (Å²) in [6.07, 6.45) is 3.90. The minimum atomic E-state index is -0.333. The lowest BCUT2D eigenvalue weighted by molar-refractivity contribution is -0.128. The molecule has 1 aromatic carbocycles. The summed E-state index contributed by atoms with van der Waals surface area (Å²) in [7, 11) is 0. The van der Waals surface area contributed by atoms with Gasteiger partial charge in [-0.05, 0) is 42.8 Å². The zero-order valence-corrected chi connectivity index (χ0v) is 16.6. The van der Waals surface area contributed by atoms with Crippen molar-refractivity contribution < 1.29 is 14.4 Å². The van der Waals surface area contributed by atoms with Crippen molar-refractivity contribution >= 4 is 23.4 Å². The average molecular weight is 394 g/mol. The molecule has 3 amide bonds. The molecule has 0 aliphatic carbocycles. The highest BCUT2D eigenvalue weighted by molar-refractivity contribution is 5.98. The zero-order valence-electron chi connectivity index (χ0n) is 16.6. The van der Waals surface area contributed by atoms with Crippen LogP contribution < -0.4 is 10.6 Å². The maximum absolute atomic E-state index is 12.5. The van der Waals surface area contributed by atoms with Gasteiger partial charge in [-0.1, -0.05) is 19.4 Å². The Hall–Kier alpha value is -3.22. The standard InChI is InChI=1S/C22H26N4O3/c1-2-3-12-26-15-17(13-20(26)27)22(29)25-18-9-7-16(8-10-18)21(28)24-14-19-6-4-5-11-23-19/h4-11,17H,2-3,12-15H2,1H3,(H,24,28)(H,25,29). The van der Waals surface area contributed by atoms with Crippen LogP contribution in [0.1, 0.15) is 42.2 Å². The van der Waals surface area contributed by atoms with Crippen molar-refractivity contribution in [1.29, 1.82) is 0 Å². The molecule has 1 saturated heterocycles. The number of likely N-dealkylation sites (tertiary alicyclic amines) is 1. The molecule has 7 heteroatoms. The maximum atomic E-state index is 12.5. The normalized spacial score (nSPS) is 16.0. The third-order valence-corrected chi connectivity index (χ3v) is 4.94. The van der Waals surface area contributed by atoms with Gasteiger partial charge >= 0.3 is 0 Å². The Labute approximate surface area is 170 Å². The predicted octanol–water partition coefficient (Wildman–Crippen LogP) is 2.60. The van der Waals surface area contributed by atoms with Crippen LogP contribution in [-0.4, -0.2) is 40.7 Å². The highest BCUT2D eigenvalue weighted by atomic mass is 16.2. The van der Waals surface area contributed by atoms with Gasteiger partial charge in [-0.15, -0.1) is 0 Å². The molecule has 2 N–H and O–H groups in total. The number of hydrogen-bond acceptors (Lipinski definition) is 4. The third-order valence-electron chi connectivity index (χ3n) is 4.94. The number of anilines is 1. The Balaban J connectivity index is 1.50. The number of unbranched alkanes of at least 4 members (excludes halogenated alkanes) is 1. The maximum Gasteiger partial charge on any atom is 0.251 e. The molecule has 29 heavy (non-hydrogen) atoms. The van der Waals surface area contributed by atoms with Crippen LogP contribution >= 0.6 is 0 Å². The number of nitrogens with zero attached hydrogens (tertiary/aromatic N) is 2. The first-order valence-corrected chi connectivity index (χ1v) is 9.93. The molecule has 0 bridgehead atoms. The fourth-order valence-electron chi connectivity index (χ4n) is 3.24. The summed E-state index contributed by atoms with van der Waals surface area (Å²) in [5.41, 5.74) is 1.89. The van der Waals surface area contributed by atoms with E-state index >= 15 is 0 Å². The number of hydrogen-bond donors (Lipinski definition) is 2. The summed E-state index contributed by atoms with van der Waals surface area (Å²) in [6, 6.07) is 12.2. The highest BCUT2D eigenvalue weighted by Crippen LogP contribution is 2.20. The molecule has 1 atom stereocenters. The van der Waals surface area contributed by atoms with Crippen molar-refractivity contribution in [2.24, 2.45) is 5.92 Å². The van der Waals surface area contributed by atoms with Crippen molar-refractivity contribution in [3.05, 3.63) is 59.9 Å². The lowest BCUT2D eigenvalue weighted by Crippen LogP contribution is -2.29. The van der Waals surface area contributed by atoms with Crippen LogP contribution in [0, 0.1) is 5.92 Å². The van der Waals surface area contributed by atoms with Crippen molar-refractivity contribution in [2.75, 3.05) is 18.4 Å². The van der Waals surface area contributed by atoms with E-state index in [4.69, 9.17) is 0 Å². The highest BCUT2D eigenvalue weighted by Gasteiger charge is 2.33. The minimum Gasteiger partial charge on any atom is -0.346 e. The lowest BCUT2D eigenvalue weighted by atomic mass is 10.1. The Morgan fingerprint density at radius 1 is 1.17 bits per heavy atom. The van der Waals surface area contributed by atoms with E-state index in [0.29, 0.717) is 30.9 Å². The number of carbonyl (C=O) groups is 3. The predicted molar refractivity (Wildman–Crippen MR) is 110 cm³/mol. The molecule has 2 aromatic rings. The van der Waals surface area contributed by atoms with Crippen molar-refractivity contribution in [2.45, 2.75) is 32.7 Å². The first kappa shape index (κ1) is 20.5. The molecule has 1 aliphatic heterocycles. The molecule has 0 saturated carbocycles. The van der Waals surface area contributed by atoms with Crippen molar-refractivity contribution in [1.82, 2.24) is 15.2 Å². The molecule has 0 radical (unpaired) electrons. The van der Waals surface area contributed by atoms with Crippen LogP contribution in [0.25, 0.3) is 0 Å². The largest absolute Gasteiger partial charge is 0.346 e. The SMILES string of the molecule is CCCCN1CC(C(=O)Nc2ccc(C(=O)NCc3ccccn3)cc2)CC1=O. The minimum absolute atomic E-state index is 0.0403. The van der Waals surface area contributed by atoms with E-state index in [1.54, 1.807) is 35.4 Å². The van der Waals surface area contributed by atoms with E-state index in [9.17, 15) is 14.4 Å². The Bertz CT molecular complexity index is 852.